The molecule has 2 aromatic rings. The number of benzene rings is 1. The summed E-state index contributed by atoms with van der Waals surface area (Å²) in [6, 6.07) is 2.06. The Balaban J connectivity index is 2.71. The van der Waals surface area contributed by atoms with Crippen LogP contribution in [0.25, 0.3) is 11.0 Å². The van der Waals surface area contributed by atoms with E-state index in [2.05, 4.69) is 25.1 Å². The Bertz CT molecular complexity index is 731. The van der Waals surface area contributed by atoms with E-state index in [0.29, 0.717) is 5.75 Å². The maximum Gasteiger partial charge on any atom is 0.347 e. The van der Waals surface area contributed by atoms with Crippen molar-refractivity contribution in [1.82, 2.24) is 5.16 Å². The number of carbonyl (C=O) groups is 1. The number of fused-ring (bicyclic) bond motifs is 1. The Labute approximate surface area is 143 Å². The molecule has 0 bridgehead atoms. The molecule has 0 spiro atoms. The van der Waals surface area contributed by atoms with Gasteiger partial charge in [0.05, 0.1) is 5.69 Å². The van der Waals surface area contributed by atoms with E-state index < -0.39 is 11.6 Å². The standard InChI is InChI=1S/C19H27NO4/c1-6-9-12-11-14-15(8-3)20-24-17(14)13(10-7-2)16(12)23-19(4,5)18(21)22/h11H,6-10H2,1-5H3,(H,21,22). The van der Waals surface area contributed by atoms with Crippen molar-refractivity contribution < 1.29 is 19.2 Å². The van der Waals surface area contributed by atoms with Gasteiger partial charge in [0.25, 0.3) is 0 Å². The largest absolute Gasteiger partial charge is 0.478 e. The van der Waals surface area contributed by atoms with Crippen LogP contribution in [0.4, 0.5) is 0 Å². The molecule has 0 atom stereocenters. The number of aliphatic carboxylic acids is 1. The summed E-state index contributed by atoms with van der Waals surface area (Å²) in [5.74, 6) is -0.336. The number of nitrogens with zero attached hydrogens (tertiary/aromatic N) is 1. The van der Waals surface area contributed by atoms with Crippen molar-refractivity contribution >= 4 is 16.9 Å². The van der Waals surface area contributed by atoms with Gasteiger partial charge in [0.2, 0.25) is 0 Å². The van der Waals surface area contributed by atoms with Gasteiger partial charge in [-0.05, 0) is 44.7 Å². The van der Waals surface area contributed by atoms with Gasteiger partial charge in [-0.1, -0.05) is 38.8 Å². The molecular formula is C19H27NO4. The van der Waals surface area contributed by atoms with E-state index in [9.17, 15) is 9.90 Å². The minimum atomic E-state index is -1.30. The van der Waals surface area contributed by atoms with Crippen molar-refractivity contribution in [2.75, 3.05) is 0 Å². The second kappa shape index (κ2) is 7.24. The van der Waals surface area contributed by atoms with E-state index >= 15 is 0 Å². The lowest BCUT2D eigenvalue weighted by molar-refractivity contribution is -0.152. The van der Waals surface area contributed by atoms with Crippen LogP contribution in [0.15, 0.2) is 10.6 Å². The molecule has 0 aliphatic carbocycles. The molecule has 24 heavy (non-hydrogen) atoms. The predicted molar refractivity (Wildman–Crippen MR) is 93.7 cm³/mol. The molecule has 5 nitrogen and oxygen atoms in total. The van der Waals surface area contributed by atoms with Crippen molar-refractivity contribution in [2.24, 2.45) is 0 Å². The van der Waals surface area contributed by atoms with Gasteiger partial charge in [0.15, 0.2) is 11.2 Å². The zero-order valence-corrected chi connectivity index (χ0v) is 15.2. The lowest BCUT2D eigenvalue weighted by atomic mass is 9.97. The number of rotatable bonds is 8. The Morgan fingerprint density at radius 2 is 1.92 bits per heavy atom. The predicted octanol–water partition coefficient (Wildman–Crippen LogP) is 4.54. The summed E-state index contributed by atoms with van der Waals surface area (Å²) in [5.41, 5.74) is 2.32. The van der Waals surface area contributed by atoms with E-state index in [0.717, 1.165) is 59.9 Å². The number of carboxylic acid groups (broad SMARTS) is 1. The molecule has 1 N–H and O–H groups in total. The fourth-order valence-electron chi connectivity index (χ4n) is 2.85. The third-order valence-corrected chi connectivity index (χ3v) is 4.19. The van der Waals surface area contributed by atoms with Gasteiger partial charge in [-0.25, -0.2) is 4.79 Å². The average molecular weight is 333 g/mol. The van der Waals surface area contributed by atoms with Crippen LogP contribution in [0.2, 0.25) is 0 Å². The summed E-state index contributed by atoms with van der Waals surface area (Å²) in [6.07, 6.45) is 4.25. The Morgan fingerprint density at radius 3 is 2.46 bits per heavy atom. The monoisotopic (exact) mass is 333 g/mol. The molecule has 1 heterocycles. The van der Waals surface area contributed by atoms with Gasteiger partial charge in [0, 0.05) is 10.9 Å². The lowest BCUT2D eigenvalue weighted by Gasteiger charge is -2.25. The molecule has 132 valence electrons. The van der Waals surface area contributed by atoms with Crippen LogP contribution in [0.5, 0.6) is 5.75 Å². The first-order chi connectivity index (χ1) is 11.4. The highest BCUT2D eigenvalue weighted by Gasteiger charge is 2.32. The third-order valence-electron chi connectivity index (χ3n) is 4.19. The van der Waals surface area contributed by atoms with E-state index in [4.69, 9.17) is 9.26 Å². The maximum atomic E-state index is 11.5. The van der Waals surface area contributed by atoms with Crippen LogP contribution in [-0.2, 0) is 24.1 Å². The summed E-state index contributed by atoms with van der Waals surface area (Å²) >= 11 is 0. The Hall–Kier alpha value is -2.04. The van der Waals surface area contributed by atoms with Gasteiger partial charge < -0.3 is 14.4 Å². The van der Waals surface area contributed by atoms with Crippen LogP contribution in [0, 0.1) is 0 Å². The maximum absolute atomic E-state index is 11.5. The smallest absolute Gasteiger partial charge is 0.347 e. The van der Waals surface area contributed by atoms with Crippen LogP contribution in [0.3, 0.4) is 0 Å². The van der Waals surface area contributed by atoms with Crippen LogP contribution in [0.1, 0.15) is 64.3 Å². The number of hydrogen-bond donors (Lipinski definition) is 1. The molecule has 0 fully saturated rings. The van der Waals surface area contributed by atoms with Crippen molar-refractivity contribution in [3.8, 4) is 5.75 Å². The second-order valence-electron chi connectivity index (χ2n) is 6.62. The van der Waals surface area contributed by atoms with E-state index in [1.807, 2.05) is 6.92 Å². The Morgan fingerprint density at radius 1 is 1.25 bits per heavy atom. The highest BCUT2D eigenvalue weighted by Crippen LogP contribution is 2.37. The van der Waals surface area contributed by atoms with E-state index in [1.54, 1.807) is 13.8 Å². The normalized spacial score (nSPS) is 11.9. The molecular weight excluding hydrogens is 306 g/mol. The van der Waals surface area contributed by atoms with Gasteiger partial charge in [-0.3, -0.25) is 0 Å². The molecule has 2 rings (SSSR count). The molecule has 1 aromatic heterocycles. The van der Waals surface area contributed by atoms with Crippen molar-refractivity contribution in [1.29, 1.82) is 0 Å². The quantitative estimate of drug-likeness (QED) is 0.768. The molecule has 1 aromatic carbocycles. The summed E-state index contributed by atoms with van der Waals surface area (Å²) in [6.45, 7) is 9.38. The van der Waals surface area contributed by atoms with Crippen LogP contribution in [-0.4, -0.2) is 21.8 Å². The van der Waals surface area contributed by atoms with Crippen molar-refractivity contribution in [3.63, 3.8) is 0 Å². The molecule has 0 aliphatic rings. The highest BCUT2D eigenvalue weighted by atomic mass is 16.5. The molecule has 0 aliphatic heterocycles. The molecule has 0 unspecified atom stereocenters. The zero-order valence-electron chi connectivity index (χ0n) is 15.2. The van der Waals surface area contributed by atoms with Crippen LogP contribution >= 0.6 is 0 Å². The summed E-state index contributed by atoms with van der Waals surface area (Å²) in [5, 5.41) is 14.6. The number of aromatic nitrogens is 1. The van der Waals surface area contributed by atoms with Gasteiger partial charge in [0.1, 0.15) is 5.75 Å². The van der Waals surface area contributed by atoms with Gasteiger partial charge >= 0.3 is 5.97 Å². The minimum Gasteiger partial charge on any atom is -0.478 e. The number of hydrogen-bond acceptors (Lipinski definition) is 4. The SMILES string of the molecule is CCCc1cc2c(CC)noc2c(CCC)c1OC(C)(C)C(=O)O. The van der Waals surface area contributed by atoms with Gasteiger partial charge in [-0.2, -0.15) is 0 Å². The average Bonchev–Trinajstić information content (AvgIpc) is 2.93. The first-order valence-corrected chi connectivity index (χ1v) is 8.71. The minimum absolute atomic E-state index is 0.650. The summed E-state index contributed by atoms with van der Waals surface area (Å²) in [4.78, 5) is 11.5. The highest BCUT2D eigenvalue weighted by molar-refractivity contribution is 5.86. The summed E-state index contributed by atoms with van der Waals surface area (Å²) in [7, 11) is 0. The van der Waals surface area contributed by atoms with Crippen molar-refractivity contribution in [2.45, 2.75) is 72.3 Å². The fourth-order valence-corrected chi connectivity index (χ4v) is 2.85. The third kappa shape index (κ3) is 3.40. The van der Waals surface area contributed by atoms with Gasteiger partial charge in [-0.15, -0.1) is 0 Å². The second-order valence-corrected chi connectivity index (χ2v) is 6.62. The molecule has 0 radical (unpaired) electrons. The topological polar surface area (TPSA) is 72.6 Å². The number of carboxylic acids is 1. The lowest BCUT2D eigenvalue weighted by Crippen LogP contribution is -2.38. The summed E-state index contributed by atoms with van der Waals surface area (Å²) < 4.78 is 11.6. The van der Waals surface area contributed by atoms with E-state index in [-0.39, 0.29) is 0 Å². The first-order valence-electron chi connectivity index (χ1n) is 8.71. The van der Waals surface area contributed by atoms with Crippen LogP contribution < -0.4 is 4.74 Å². The van der Waals surface area contributed by atoms with Crippen molar-refractivity contribution in [3.05, 3.63) is 22.9 Å². The number of ether oxygens (including phenoxy) is 1. The number of aryl methyl sites for hydroxylation is 3. The van der Waals surface area contributed by atoms with E-state index in [1.165, 1.54) is 0 Å². The first kappa shape index (κ1) is 18.3. The molecule has 0 saturated carbocycles. The molecule has 5 heteroatoms. The Kier molecular flexibility index (Phi) is 5.52. The molecule has 0 saturated heterocycles. The zero-order chi connectivity index (χ0) is 17.9. The molecule has 0 amide bonds. The fraction of sp³-hybridized carbons (Fsp3) is 0.579.